The summed E-state index contributed by atoms with van der Waals surface area (Å²) in [6, 6.07) is 4.03. The van der Waals surface area contributed by atoms with E-state index in [1.54, 1.807) is 0 Å². The first kappa shape index (κ1) is 20.4. The maximum absolute atomic E-state index is 13.7. The molecule has 0 N–H and O–H groups in total. The molecule has 2 aromatic heterocycles. The van der Waals surface area contributed by atoms with Crippen molar-refractivity contribution in [3.8, 4) is 23.3 Å². The van der Waals surface area contributed by atoms with Crippen molar-refractivity contribution in [1.82, 2.24) is 15.0 Å². The fourth-order valence-corrected chi connectivity index (χ4v) is 3.41. The topological polar surface area (TPSA) is 88.7 Å². The maximum atomic E-state index is 13.7. The fourth-order valence-electron chi connectivity index (χ4n) is 3.21. The van der Waals surface area contributed by atoms with Gasteiger partial charge in [-0.05, 0) is 50.8 Å². The highest BCUT2D eigenvalue weighted by Crippen LogP contribution is 2.35. The lowest BCUT2D eigenvalue weighted by molar-refractivity contribution is -0.141. The Morgan fingerprint density at radius 2 is 2.00 bits per heavy atom. The Hall–Kier alpha value is -2.49. The van der Waals surface area contributed by atoms with E-state index in [-0.39, 0.29) is 36.2 Å². The molecule has 2 aliphatic rings. The van der Waals surface area contributed by atoms with Crippen molar-refractivity contribution in [2.45, 2.75) is 38.6 Å². The van der Waals surface area contributed by atoms with Crippen molar-refractivity contribution >= 4 is 22.8 Å². The standard InChI is InChI=1S/C21H21ClFN3O5/c1-21(2)29-10-13(31-21)9-28-20-25-18(27-8-11-3-4-11)16-19(26-20)30-17(24-16)14-7-12(23)5-6-15(14)22/h5-7,11,13H,3-4,8-10H2,1-2H3. The number of nitrogens with zero attached hydrogens (tertiary/aromatic N) is 3. The molecule has 1 aliphatic carbocycles. The number of hydrogen-bond donors (Lipinski definition) is 0. The van der Waals surface area contributed by atoms with E-state index in [9.17, 15) is 4.39 Å². The van der Waals surface area contributed by atoms with Gasteiger partial charge in [-0.2, -0.15) is 9.97 Å². The van der Waals surface area contributed by atoms with E-state index in [1.807, 2.05) is 13.8 Å². The third-order valence-corrected chi connectivity index (χ3v) is 5.31. The lowest BCUT2D eigenvalue weighted by Crippen LogP contribution is -2.25. The van der Waals surface area contributed by atoms with Crippen LogP contribution in [0.3, 0.4) is 0 Å². The van der Waals surface area contributed by atoms with E-state index < -0.39 is 11.6 Å². The zero-order chi connectivity index (χ0) is 21.6. The molecule has 0 amide bonds. The molecule has 1 unspecified atom stereocenters. The van der Waals surface area contributed by atoms with E-state index in [0.717, 1.165) is 12.8 Å². The highest BCUT2D eigenvalue weighted by Gasteiger charge is 2.33. The monoisotopic (exact) mass is 449 g/mol. The van der Waals surface area contributed by atoms with Gasteiger partial charge in [0.25, 0.3) is 11.6 Å². The summed E-state index contributed by atoms with van der Waals surface area (Å²) in [4.78, 5) is 13.1. The molecular formula is C21H21ClFN3O5. The van der Waals surface area contributed by atoms with Crippen molar-refractivity contribution < 1.29 is 27.8 Å². The fraction of sp³-hybridized carbons (Fsp3) is 0.476. The first-order chi connectivity index (χ1) is 14.9. The Labute approximate surface area is 182 Å². The largest absolute Gasteiger partial charge is 0.476 e. The normalized spacial score (nSPS) is 20.3. The Morgan fingerprint density at radius 3 is 2.74 bits per heavy atom. The van der Waals surface area contributed by atoms with Gasteiger partial charge in [-0.25, -0.2) is 9.37 Å². The first-order valence-corrected chi connectivity index (χ1v) is 10.5. The van der Waals surface area contributed by atoms with Gasteiger partial charge in [-0.1, -0.05) is 11.6 Å². The number of aromatic nitrogens is 3. The Balaban J connectivity index is 1.44. The smallest absolute Gasteiger partial charge is 0.323 e. The number of benzene rings is 1. The molecule has 0 bridgehead atoms. The molecule has 1 saturated heterocycles. The Morgan fingerprint density at radius 1 is 1.16 bits per heavy atom. The summed E-state index contributed by atoms with van der Waals surface area (Å²) in [5.41, 5.74) is 0.800. The molecule has 5 rings (SSSR count). The van der Waals surface area contributed by atoms with E-state index in [1.165, 1.54) is 18.2 Å². The molecule has 1 aliphatic heterocycles. The predicted octanol–water partition coefficient (Wildman–Crippen LogP) is 4.40. The van der Waals surface area contributed by atoms with Crippen LogP contribution in [-0.4, -0.2) is 46.7 Å². The molecule has 2 fully saturated rings. The van der Waals surface area contributed by atoms with Crippen LogP contribution < -0.4 is 9.47 Å². The van der Waals surface area contributed by atoms with Gasteiger partial charge in [0, 0.05) is 0 Å². The maximum Gasteiger partial charge on any atom is 0.323 e. The molecule has 10 heteroatoms. The summed E-state index contributed by atoms with van der Waals surface area (Å²) in [5, 5.41) is 0.304. The zero-order valence-corrected chi connectivity index (χ0v) is 17.8. The number of rotatable bonds is 7. The third-order valence-electron chi connectivity index (χ3n) is 4.98. The minimum absolute atomic E-state index is 0.0691. The molecule has 1 aromatic carbocycles. The summed E-state index contributed by atoms with van der Waals surface area (Å²) in [6.07, 6.45) is 1.99. The second-order valence-corrected chi connectivity index (χ2v) is 8.53. The van der Waals surface area contributed by atoms with E-state index >= 15 is 0 Å². The van der Waals surface area contributed by atoms with Crippen LogP contribution in [0.1, 0.15) is 26.7 Å². The second kappa shape index (κ2) is 7.89. The van der Waals surface area contributed by atoms with Crippen LogP contribution in [0, 0.1) is 11.7 Å². The third kappa shape index (κ3) is 4.58. The van der Waals surface area contributed by atoms with Crippen LogP contribution in [-0.2, 0) is 9.47 Å². The summed E-state index contributed by atoms with van der Waals surface area (Å²) in [6.45, 7) is 4.81. The Bertz CT molecular complexity index is 1120. The summed E-state index contributed by atoms with van der Waals surface area (Å²) in [7, 11) is 0. The van der Waals surface area contributed by atoms with Crippen LogP contribution in [0.25, 0.3) is 22.7 Å². The molecule has 3 heterocycles. The van der Waals surface area contributed by atoms with Gasteiger partial charge < -0.3 is 23.4 Å². The molecule has 164 valence electrons. The molecule has 8 nitrogen and oxygen atoms in total. The average molecular weight is 450 g/mol. The summed E-state index contributed by atoms with van der Waals surface area (Å²) >= 11 is 6.20. The number of ether oxygens (including phenoxy) is 4. The minimum atomic E-state index is -0.651. The van der Waals surface area contributed by atoms with Crippen molar-refractivity contribution in [1.29, 1.82) is 0 Å². The molecule has 3 aromatic rings. The molecule has 0 spiro atoms. The number of hydrogen-bond acceptors (Lipinski definition) is 8. The van der Waals surface area contributed by atoms with Crippen LogP contribution in [0.4, 0.5) is 4.39 Å². The summed E-state index contributed by atoms with van der Waals surface area (Å²) in [5.74, 6) is -0.232. The van der Waals surface area contributed by atoms with Gasteiger partial charge in [0.15, 0.2) is 11.3 Å². The van der Waals surface area contributed by atoms with Gasteiger partial charge in [-0.3, -0.25) is 0 Å². The van der Waals surface area contributed by atoms with E-state index in [2.05, 4.69) is 15.0 Å². The lowest BCUT2D eigenvalue weighted by atomic mass is 10.2. The van der Waals surface area contributed by atoms with Crippen molar-refractivity contribution in [2.75, 3.05) is 19.8 Å². The zero-order valence-electron chi connectivity index (χ0n) is 17.1. The average Bonchev–Trinajstić information content (AvgIpc) is 3.35. The quantitative estimate of drug-likeness (QED) is 0.524. The molecule has 31 heavy (non-hydrogen) atoms. The van der Waals surface area contributed by atoms with Crippen LogP contribution in [0.15, 0.2) is 22.6 Å². The molecule has 0 radical (unpaired) electrons. The van der Waals surface area contributed by atoms with Crippen molar-refractivity contribution in [2.24, 2.45) is 5.92 Å². The van der Waals surface area contributed by atoms with E-state index in [0.29, 0.717) is 35.2 Å². The molecule has 1 atom stereocenters. The van der Waals surface area contributed by atoms with Gasteiger partial charge in [0.2, 0.25) is 5.89 Å². The number of oxazole rings is 1. The Kier molecular flexibility index (Phi) is 5.19. The van der Waals surface area contributed by atoms with Gasteiger partial charge in [0.05, 0.1) is 23.8 Å². The predicted molar refractivity (Wildman–Crippen MR) is 109 cm³/mol. The van der Waals surface area contributed by atoms with Crippen LogP contribution >= 0.6 is 11.6 Å². The number of fused-ring (bicyclic) bond motifs is 1. The summed E-state index contributed by atoms with van der Waals surface area (Å²) < 4.78 is 42.4. The minimum Gasteiger partial charge on any atom is -0.476 e. The van der Waals surface area contributed by atoms with Gasteiger partial charge in [-0.15, -0.1) is 0 Å². The second-order valence-electron chi connectivity index (χ2n) is 8.12. The van der Waals surface area contributed by atoms with Gasteiger partial charge >= 0.3 is 6.01 Å². The van der Waals surface area contributed by atoms with E-state index in [4.69, 9.17) is 35.0 Å². The van der Waals surface area contributed by atoms with Crippen molar-refractivity contribution in [3.05, 3.63) is 29.0 Å². The number of halogens is 2. The molecule has 1 saturated carbocycles. The molecular weight excluding hydrogens is 429 g/mol. The van der Waals surface area contributed by atoms with Crippen LogP contribution in [0.5, 0.6) is 11.9 Å². The van der Waals surface area contributed by atoms with Crippen molar-refractivity contribution in [3.63, 3.8) is 0 Å². The van der Waals surface area contributed by atoms with Gasteiger partial charge in [0.1, 0.15) is 18.5 Å². The van der Waals surface area contributed by atoms with Crippen LogP contribution in [0.2, 0.25) is 5.02 Å². The highest BCUT2D eigenvalue weighted by atomic mass is 35.5. The lowest BCUT2D eigenvalue weighted by Gasteiger charge is -2.17. The highest BCUT2D eigenvalue weighted by molar-refractivity contribution is 6.33. The first-order valence-electron chi connectivity index (χ1n) is 10.1. The SMILES string of the molecule is CC1(C)OCC(COc2nc(OCC3CC3)c3nc(-c4cc(F)ccc4Cl)oc3n2)O1.